The monoisotopic (exact) mass is 483 g/mol. The van der Waals surface area contributed by atoms with Crippen molar-refractivity contribution < 1.29 is 32.0 Å². The number of alkyl halides is 3. The molecule has 1 saturated heterocycles. The molecule has 0 aliphatic carbocycles. The normalized spacial score (nSPS) is 17.9. The van der Waals surface area contributed by atoms with Crippen molar-refractivity contribution in [3.8, 4) is 0 Å². The van der Waals surface area contributed by atoms with Crippen LogP contribution in [0.25, 0.3) is 11.0 Å². The van der Waals surface area contributed by atoms with Crippen molar-refractivity contribution in [2.24, 2.45) is 0 Å². The van der Waals surface area contributed by atoms with Crippen LogP contribution in [0.2, 0.25) is 0 Å². The molecule has 2 aromatic rings. The summed E-state index contributed by atoms with van der Waals surface area (Å²) in [5, 5.41) is 0. The second-order valence-corrected chi connectivity index (χ2v) is 10.6. The molecule has 11 heteroatoms. The van der Waals surface area contributed by atoms with E-state index in [0.29, 0.717) is 11.0 Å². The summed E-state index contributed by atoms with van der Waals surface area (Å²) in [6, 6.07) is 4.90. The van der Waals surface area contributed by atoms with Crippen molar-refractivity contribution in [3.63, 3.8) is 0 Å². The maximum absolute atomic E-state index is 13.9. The second-order valence-electron chi connectivity index (χ2n) is 10.6. The van der Waals surface area contributed by atoms with Crippen LogP contribution in [0.5, 0.6) is 0 Å². The highest BCUT2D eigenvalue weighted by Crippen LogP contribution is 2.38. The number of hydrogen-bond donors (Lipinski definition) is 0. The molecule has 0 saturated carbocycles. The molecule has 3 rings (SSSR count). The molecule has 1 aromatic heterocycles. The fourth-order valence-corrected chi connectivity index (χ4v) is 3.70. The van der Waals surface area contributed by atoms with Crippen molar-refractivity contribution in [2.75, 3.05) is 13.6 Å². The molecule has 1 aromatic carbocycles. The molecule has 7 nitrogen and oxygen atoms in total. The first kappa shape index (κ1) is 26.3. The number of halogens is 3. The van der Waals surface area contributed by atoms with Gasteiger partial charge in [-0.2, -0.15) is 13.2 Å². The van der Waals surface area contributed by atoms with Crippen LogP contribution in [0.3, 0.4) is 0 Å². The van der Waals surface area contributed by atoms with E-state index < -0.39 is 42.0 Å². The highest BCUT2D eigenvalue weighted by molar-refractivity contribution is 6.65. The summed E-state index contributed by atoms with van der Waals surface area (Å²) in [7, 11) is 0.718. The molecule has 188 valence electrons. The van der Waals surface area contributed by atoms with Crippen molar-refractivity contribution in [2.45, 2.75) is 84.4 Å². The van der Waals surface area contributed by atoms with Crippen molar-refractivity contribution in [1.29, 1.82) is 0 Å². The number of benzene rings is 1. The van der Waals surface area contributed by atoms with Gasteiger partial charge in [0.25, 0.3) is 0 Å². The number of aromatic nitrogens is 2. The molecular weight excluding hydrogens is 450 g/mol. The molecule has 0 atom stereocenters. The SMILES string of the molecule is CN(CCCn1c(C(F)(F)F)nc2cccc(B3OC(C)(C)C(C)(C)O3)c21)C(=O)OC(C)(C)C. The third-order valence-electron chi connectivity index (χ3n) is 6.14. The van der Waals surface area contributed by atoms with Gasteiger partial charge in [-0.1, -0.05) is 12.1 Å². The number of ether oxygens (including phenoxy) is 1. The van der Waals surface area contributed by atoms with E-state index in [1.807, 2.05) is 27.7 Å². The summed E-state index contributed by atoms with van der Waals surface area (Å²) in [6.45, 7) is 13.0. The molecule has 0 bridgehead atoms. The van der Waals surface area contributed by atoms with Gasteiger partial charge in [0, 0.05) is 25.6 Å². The molecule has 1 aliphatic heterocycles. The first-order valence-electron chi connectivity index (χ1n) is 11.3. The van der Waals surface area contributed by atoms with Crippen LogP contribution in [-0.2, 0) is 26.8 Å². The number of imidazole rings is 1. The Kier molecular flexibility index (Phi) is 6.78. The minimum absolute atomic E-state index is 0.00496. The van der Waals surface area contributed by atoms with E-state index in [1.54, 1.807) is 46.0 Å². The Morgan fingerprint density at radius 2 is 1.74 bits per heavy atom. The second kappa shape index (κ2) is 8.75. The van der Waals surface area contributed by atoms with Crippen LogP contribution in [0.4, 0.5) is 18.0 Å². The lowest BCUT2D eigenvalue weighted by molar-refractivity contribution is -0.147. The summed E-state index contributed by atoms with van der Waals surface area (Å²) in [4.78, 5) is 17.5. The molecule has 34 heavy (non-hydrogen) atoms. The fourth-order valence-electron chi connectivity index (χ4n) is 3.70. The van der Waals surface area contributed by atoms with Crippen molar-refractivity contribution >= 4 is 29.7 Å². The molecular formula is C23H33BF3N3O4. The van der Waals surface area contributed by atoms with Gasteiger partial charge < -0.3 is 23.5 Å². The van der Waals surface area contributed by atoms with E-state index in [2.05, 4.69) is 4.98 Å². The molecule has 0 N–H and O–H groups in total. The summed E-state index contributed by atoms with van der Waals surface area (Å²) in [5.74, 6) is -0.994. The number of carbonyl (C=O) groups is 1. The molecule has 2 heterocycles. The predicted octanol–water partition coefficient (Wildman–Crippen LogP) is 4.61. The Balaban J connectivity index is 1.93. The van der Waals surface area contributed by atoms with Gasteiger partial charge in [-0.05, 0) is 61.0 Å². The molecule has 0 radical (unpaired) electrons. The van der Waals surface area contributed by atoms with E-state index in [4.69, 9.17) is 14.0 Å². The Bertz CT molecular complexity index is 1040. The zero-order valence-electron chi connectivity index (χ0n) is 21.0. The highest BCUT2D eigenvalue weighted by atomic mass is 19.4. The number of nitrogens with zero attached hydrogens (tertiary/aromatic N) is 3. The molecule has 0 unspecified atom stereocenters. The van der Waals surface area contributed by atoms with Crippen LogP contribution >= 0.6 is 0 Å². The summed E-state index contributed by atoms with van der Waals surface area (Å²) < 4.78 is 60.4. The van der Waals surface area contributed by atoms with Gasteiger partial charge in [0.2, 0.25) is 5.82 Å². The standard InChI is InChI=1S/C23H33BF3N3O4/c1-20(2,3)32-19(31)29(8)13-10-14-30-17-15(24-33-21(4,5)22(6,7)34-24)11-9-12-16(17)28-18(30)23(25,26)27/h9,11-12H,10,13-14H2,1-8H3. The maximum atomic E-state index is 13.9. The van der Waals surface area contributed by atoms with E-state index in [0.717, 1.165) is 4.57 Å². The average Bonchev–Trinajstić information content (AvgIpc) is 3.14. The average molecular weight is 483 g/mol. The number of rotatable bonds is 5. The Hall–Kier alpha value is -2.27. The number of para-hydroxylation sites is 1. The Morgan fingerprint density at radius 1 is 1.15 bits per heavy atom. The molecule has 1 fully saturated rings. The molecule has 1 amide bonds. The molecule has 0 spiro atoms. The van der Waals surface area contributed by atoms with Gasteiger partial charge >= 0.3 is 19.4 Å². The van der Waals surface area contributed by atoms with E-state index in [1.165, 1.54) is 4.90 Å². The van der Waals surface area contributed by atoms with Crippen molar-refractivity contribution in [3.05, 3.63) is 24.0 Å². The number of carbonyl (C=O) groups excluding carboxylic acids is 1. The Morgan fingerprint density at radius 3 is 2.26 bits per heavy atom. The predicted molar refractivity (Wildman–Crippen MR) is 124 cm³/mol. The summed E-state index contributed by atoms with van der Waals surface area (Å²) in [5.41, 5.74) is -0.943. The Labute approximate surface area is 198 Å². The lowest BCUT2D eigenvalue weighted by Gasteiger charge is -2.32. The minimum Gasteiger partial charge on any atom is -0.444 e. The van der Waals surface area contributed by atoms with Crippen molar-refractivity contribution in [1.82, 2.24) is 14.5 Å². The smallest absolute Gasteiger partial charge is 0.444 e. The van der Waals surface area contributed by atoms with Crippen LogP contribution in [0.15, 0.2) is 18.2 Å². The first-order valence-corrected chi connectivity index (χ1v) is 11.3. The summed E-state index contributed by atoms with van der Waals surface area (Å²) in [6.07, 6.45) is -4.91. The highest BCUT2D eigenvalue weighted by Gasteiger charge is 2.52. The quantitative estimate of drug-likeness (QED) is 0.582. The topological polar surface area (TPSA) is 65.8 Å². The van der Waals surface area contributed by atoms with Crippen LogP contribution in [0.1, 0.15) is 60.7 Å². The zero-order chi connectivity index (χ0) is 25.7. The van der Waals surface area contributed by atoms with E-state index in [9.17, 15) is 18.0 Å². The fraction of sp³-hybridized carbons (Fsp3) is 0.652. The minimum atomic E-state index is -4.65. The van der Waals surface area contributed by atoms with Gasteiger partial charge in [-0.25, -0.2) is 9.78 Å². The van der Waals surface area contributed by atoms with E-state index >= 15 is 0 Å². The number of aryl methyl sites for hydroxylation is 1. The van der Waals surface area contributed by atoms with E-state index in [-0.39, 0.29) is 25.0 Å². The number of fused-ring (bicyclic) bond motifs is 1. The third-order valence-corrected chi connectivity index (χ3v) is 6.14. The lowest BCUT2D eigenvalue weighted by atomic mass is 9.78. The van der Waals surface area contributed by atoms with Crippen LogP contribution in [-0.4, -0.2) is 58.1 Å². The van der Waals surface area contributed by atoms with Gasteiger partial charge in [-0.15, -0.1) is 0 Å². The summed E-state index contributed by atoms with van der Waals surface area (Å²) >= 11 is 0. The zero-order valence-corrected chi connectivity index (χ0v) is 21.0. The van der Waals surface area contributed by atoms with Crippen LogP contribution in [0, 0.1) is 0 Å². The van der Waals surface area contributed by atoms with Gasteiger partial charge in [-0.3, -0.25) is 0 Å². The lowest BCUT2D eigenvalue weighted by Crippen LogP contribution is -2.41. The molecule has 1 aliphatic rings. The van der Waals surface area contributed by atoms with Gasteiger partial charge in [0.1, 0.15) is 5.60 Å². The van der Waals surface area contributed by atoms with Gasteiger partial charge in [0.05, 0.1) is 22.2 Å². The number of hydrogen-bond acceptors (Lipinski definition) is 5. The number of amides is 1. The largest absolute Gasteiger partial charge is 0.497 e. The van der Waals surface area contributed by atoms with Crippen LogP contribution < -0.4 is 5.46 Å². The maximum Gasteiger partial charge on any atom is 0.497 e. The first-order chi connectivity index (χ1) is 15.4. The van der Waals surface area contributed by atoms with Gasteiger partial charge in [0.15, 0.2) is 0 Å². The third kappa shape index (κ3) is 5.35.